The zero-order chi connectivity index (χ0) is 14.4. The topological polar surface area (TPSA) is 84.3 Å². The lowest BCUT2D eigenvalue weighted by atomic mass is 10.2. The van der Waals surface area contributed by atoms with E-state index in [0.717, 1.165) is 0 Å². The first-order chi connectivity index (χ1) is 8.95. The van der Waals surface area contributed by atoms with E-state index in [4.69, 9.17) is 23.2 Å². The second kappa shape index (κ2) is 7.16. The number of nitro groups is 1. The average molecular weight is 306 g/mol. The van der Waals surface area contributed by atoms with E-state index in [1.54, 1.807) is 0 Å². The first-order valence-corrected chi connectivity index (χ1v) is 6.35. The van der Waals surface area contributed by atoms with Crippen LogP contribution in [0.15, 0.2) is 12.1 Å². The van der Waals surface area contributed by atoms with Gasteiger partial charge in [-0.2, -0.15) is 0 Å². The number of nitrogens with one attached hydrogen (secondary N) is 2. The van der Waals surface area contributed by atoms with Gasteiger partial charge >= 0.3 is 0 Å². The summed E-state index contributed by atoms with van der Waals surface area (Å²) in [5.74, 6) is -0.0934. The summed E-state index contributed by atoms with van der Waals surface area (Å²) in [6, 6.07) is 2.42. The number of carbonyl (C=O) groups is 1. The van der Waals surface area contributed by atoms with E-state index in [2.05, 4.69) is 10.6 Å². The first kappa shape index (κ1) is 15.5. The summed E-state index contributed by atoms with van der Waals surface area (Å²) in [4.78, 5) is 21.3. The maximum Gasteiger partial charge on any atom is 0.272 e. The average Bonchev–Trinajstić information content (AvgIpc) is 2.32. The van der Waals surface area contributed by atoms with Crippen molar-refractivity contribution in [3.8, 4) is 0 Å². The zero-order valence-electron chi connectivity index (χ0n) is 10.2. The third-order valence-electron chi connectivity index (χ3n) is 2.27. The van der Waals surface area contributed by atoms with Crippen LogP contribution in [0.5, 0.6) is 0 Å². The minimum atomic E-state index is -0.573. The van der Waals surface area contributed by atoms with E-state index in [1.807, 2.05) is 6.92 Å². The molecule has 0 aliphatic carbocycles. The normalized spacial score (nSPS) is 10.1. The second-order valence-electron chi connectivity index (χ2n) is 3.67. The van der Waals surface area contributed by atoms with Crippen molar-refractivity contribution in [3.05, 3.63) is 32.3 Å². The fourth-order valence-corrected chi connectivity index (χ4v) is 2.03. The minimum Gasteiger partial charge on any atom is -0.382 e. The molecule has 0 saturated heterocycles. The summed E-state index contributed by atoms with van der Waals surface area (Å²) in [6.45, 7) is 2.73. The molecular formula is C11H13Cl2N3O3. The smallest absolute Gasteiger partial charge is 0.272 e. The molecular weight excluding hydrogens is 293 g/mol. The van der Waals surface area contributed by atoms with Gasteiger partial charge in [-0.25, -0.2) is 0 Å². The van der Waals surface area contributed by atoms with E-state index >= 15 is 0 Å². The highest BCUT2D eigenvalue weighted by atomic mass is 35.5. The lowest BCUT2D eigenvalue weighted by Gasteiger charge is -2.10. The predicted molar refractivity (Wildman–Crippen MR) is 74.9 cm³/mol. The van der Waals surface area contributed by atoms with Crippen LogP contribution in [0.3, 0.4) is 0 Å². The molecule has 0 fully saturated rings. The van der Waals surface area contributed by atoms with Crippen LogP contribution < -0.4 is 10.6 Å². The Bertz CT molecular complexity index is 471. The first-order valence-electron chi connectivity index (χ1n) is 5.59. The number of nitro benzene ring substituents is 1. The lowest BCUT2D eigenvalue weighted by molar-refractivity contribution is -0.384. The number of nitrogens with zero attached hydrogens (tertiary/aromatic N) is 1. The molecule has 104 valence electrons. The standard InChI is InChI=1S/C11H13Cl2N3O3/c1-2-14-10(17)3-4-15-11-8(12)5-7(16(18)19)6-9(11)13/h5-6,15H,2-4H2,1H3,(H,14,17). The molecule has 0 bridgehead atoms. The molecule has 0 heterocycles. The molecule has 0 spiro atoms. The van der Waals surface area contributed by atoms with Crippen LogP contribution in [0.1, 0.15) is 13.3 Å². The maximum atomic E-state index is 11.2. The predicted octanol–water partition coefficient (Wildman–Crippen LogP) is 2.84. The molecule has 1 aromatic carbocycles. The van der Waals surface area contributed by atoms with Crippen molar-refractivity contribution in [2.24, 2.45) is 0 Å². The van der Waals surface area contributed by atoms with E-state index < -0.39 is 4.92 Å². The van der Waals surface area contributed by atoms with Crippen LogP contribution in [-0.4, -0.2) is 23.9 Å². The Balaban J connectivity index is 2.69. The number of amides is 1. The maximum absolute atomic E-state index is 11.2. The highest BCUT2D eigenvalue weighted by Gasteiger charge is 2.14. The Morgan fingerprint density at radius 2 is 1.95 bits per heavy atom. The van der Waals surface area contributed by atoms with Gasteiger partial charge in [-0.05, 0) is 6.92 Å². The molecule has 0 saturated carbocycles. The quantitative estimate of drug-likeness (QED) is 0.625. The van der Waals surface area contributed by atoms with Crippen molar-refractivity contribution >= 4 is 40.5 Å². The van der Waals surface area contributed by atoms with Gasteiger partial charge in [0.25, 0.3) is 5.69 Å². The molecule has 0 aliphatic heterocycles. The Kier molecular flexibility index (Phi) is 5.85. The molecule has 1 amide bonds. The third kappa shape index (κ3) is 4.57. The number of non-ortho nitro benzene ring substituents is 1. The number of carbonyl (C=O) groups excluding carboxylic acids is 1. The molecule has 0 aromatic heterocycles. The van der Waals surface area contributed by atoms with Crippen molar-refractivity contribution in [3.63, 3.8) is 0 Å². The van der Waals surface area contributed by atoms with Crippen molar-refractivity contribution in [2.45, 2.75) is 13.3 Å². The summed E-state index contributed by atoms with van der Waals surface area (Å²) >= 11 is 11.8. The largest absolute Gasteiger partial charge is 0.382 e. The SMILES string of the molecule is CCNC(=O)CCNc1c(Cl)cc([N+](=O)[O-])cc1Cl. The van der Waals surface area contributed by atoms with Crippen molar-refractivity contribution < 1.29 is 9.72 Å². The van der Waals surface area contributed by atoms with Crippen molar-refractivity contribution in [1.82, 2.24) is 5.32 Å². The Hall–Kier alpha value is -1.53. The highest BCUT2D eigenvalue weighted by Crippen LogP contribution is 2.34. The number of halogens is 2. The Labute approximate surface area is 120 Å². The number of benzene rings is 1. The van der Waals surface area contributed by atoms with Gasteiger partial charge in [0.05, 0.1) is 20.7 Å². The molecule has 19 heavy (non-hydrogen) atoms. The van der Waals surface area contributed by atoms with Gasteiger partial charge in [-0.15, -0.1) is 0 Å². The van der Waals surface area contributed by atoms with Crippen molar-refractivity contribution in [1.29, 1.82) is 0 Å². The molecule has 2 N–H and O–H groups in total. The van der Waals surface area contributed by atoms with Gasteiger partial charge < -0.3 is 10.6 Å². The third-order valence-corrected chi connectivity index (χ3v) is 2.86. The van der Waals surface area contributed by atoms with Gasteiger partial charge in [-0.1, -0.05) is 23.2 Å². The number of rotatable bonds is 6. The molecule has 0 atom stereocenters. The lowest BCUT2D eigenvalue weighted by Crippen LogP contribution is -2.24. The van der Waals surface area contributed by atoms with Gasteiger partial charge in [0.15, 0.2) is 0 Å². The van der Waals surface area contributed by atoms with E-state index in [0.29, 0.717) is 18.8 Å². The van der Waals surface area contributed by atoms with Gasteiger partial charge in [-0.3, -0.25) is 14.9 Å². The second-order valence-corrected chi connectivity index (χ2v) is 4.49. The van der Waals surface area contributed by atoms with Crippen molar-refractivity contribution in [2.75, 3.05) is 18.4 Å². The number of anilines is 1. The summed E-state index contributed by atoms with van der Waals surface area (Å²) in [5, 5.41) is 16.4. The fraction of sp³-hybridized carbons (Fsp3) is 0.364. The molecule has 1 aromatic rings. The van der Waals surface area contributed by atoms with Gasteiger partial charge in [0.1, 0.15) is 0 Å². The number of hydrogen-bond donors (Lipinski definition) is 2. The van der Waals surface area contributed by atoms with Gasteiger partial charge in [0, 0.05) is 31.6 Å². The summed E-state index contributed by atoms with van der Waals surface area (Å²) in [5.41, 5.74) is 0.211. The van der Waals surface area contributed by atoms with Crippen LogP contribution in [0.25, 0.3) is 0 Å². The molecule has 0 radical (unpaired) electrons. The van der Waals surface area contributed by atoms with E-state index in [1.165, 1.54) is 12.1 Å². The van der Waals surface area contributed by atoms with Crippen LogP contribution in [-0.2, 0) is 4.79 Å². The Morgan fingerprint density at radius 3 is 2.42 bits per heavy atom. The van der Waals surface area contributed by atoms with E-state index in [9.17, 15) is 14.9 Å². The monoisotopic (exact) mass is 305 g/mol. The summed E-state index contributed by atoms with van der Waals surface area (Å²) in [6.07, 6.45) is 0.261. The fourth-order valence-electron chi connectivity index (χ4n) is 1.42. The summed E-state index contributed by atoms with van der Waals surface area (Å²) in [7, 11) is 0. The van der Waals surface area contributed by atoms with Crippen LogP contribution in [0.4, 0.5) is 11.4 Å². The molecule has 0 aliphatic rings. The van der Waals surface area contributed by atoms with Crippen LogP contribution in [0, 0.1) is 10.1 Å². The minimum absolute atomic E-state index is 0.0934. The Morgan fingerprint density at radius 1 is 1.37 bits per heavy atom. The van der Waals surface area contributed by atoms with Crippen LogP contribution >= 0.6 is 23.2 Å². The van der Waals surface area contributed by atoms with Gasteiger partial charge in [0.2, 0.25) is 5.91 Å². The molecule has 6 nitrogen and oxygen atoms in total. The van der Waals surface area contributed by atoms with E-state index in [-0.39, 0.29) is 28.1 Å². The number of hydrogen-bond acceptors (Lipinski definition) is 4. The molecule has 1 rings (SSSR count). The molecule has 8 heteroatoms. The zero-order valence-corrected chi connectivity index (χ0v) is 11.7. The summed E-state index contributed by atoms with van der Waals surface area (Å²) < 4.78 is 0. The molecule has 0 unspecified atom stereocenters. The van der Waals surface area contributed by atoms with Crippen LogP contribution in [0.2, 0.25) is 10.0 Å². The highest BCUT2D eigenvalue weighted by molar-refractivity contribution is 6.39.